The molecular formula is C17H26N2O3. The van der Waals surface area contributed by atoms with Gasteiger partial charge in [-0.1, -0.05) is 32.9 Å². The molecule has 1 aromatic carbocycles. The molecule has 0 aliphatic carbocycles. The number of hydrogen-bond donors (Lipinski definition) is 3. The molecule has 122 valence electrons. The van der Waals surface area contributed by atoms with Crippen molar-refractivity contribution in [3.05, 3.63) is 29.8 Å². The second kappa shape index (κ2) is 9.20. The molecule has 0 unspecified atom stereocenters. The van der Waals surface area contributed by atoms with Gasteiger partial charge in [0.1, 0.15) is 5.75 Å². The SMILES string of the molecule is CCC(=O)CNC(=O)[C@H](CCc1ccc(O)cc1)NC(C)C. The normalized spacial score (nSPS) is 12.2. The number of carbonyl (C=O) groups is 2. The summed E-state index contributed by atoms with van der Waals surface area (Å²) in [6, 6.07) is 6.82. The van der Waals surface area contributed by atoms with Crippen LogP contribution in [0, 0.1) is 0 Å². The maximum atomic E-state index is 12.2. The highest BCUT2D eigenvalue weighted by molar-refractivity contribution is 5.88. The van der Waals surface area contributed by atoms with Crippen LogP contribution in [0.5, 0.6) is 5.75 Å². The van der Waals surface area contributed by atoms with Crippen LogP contribution >= 0.6 is 0 Å². The molecule has 5 nitrogen and oxygen atoms in total. The first-order valence-corrected chi connectivity index (χ1v) is 7.75. The van der Waals surface area contributed by atoms with E-state index in [9.17, 15) is 14.7 Å². The third-order valence-electron chi connectivity index (χ3n) is 3.36. The Morgan fingerprint density at radius 3 is 2.36 bits per heavy atom. The zero-order valence-electron chi connectivity index (χ0n) is 13.6. The molecule has 1 amide bonds. The summed E-state index contributed by atoms with van der Waals surface area (Å²) in [5, 5.41) is 15.2. The predicted molar refractivity (Wildman–Crippen MR) is 86.8 cm³/mol. The first-order valence-electron chi connectivity index (χ1n) is 7.75. The van der Waals surface area contributed by atoms with Gasteiger partial charge in [0.05, 0.1) is 12.6 Å². The molecule has 0 spiro atoms. The Bertz CT molecular complexity index is 483. The number of nitrogens with one attached hydrogen (secondary N) is 2. The number of hydrogen-bond acceptors (Lipinski definition) is 4. The highest BCUT2D eigenvalue weighted by atomic mass is 16.3. The van der Waals surface area contributed by atoms with Crippen LogP contribution in [0.1, 0.15) is 39.2 Å². The van der Waals surface area contributed by atoms with Crippen LogP contribution in [0.4, 0.5) is 0 Å². The lowest BCUT2D eigenvalue weighted by atomic mass is 10.0. The van der Waals surface area contributed by atoms with Crippen LogP contribution in [0.25, 0.3) is 0 Å². The molecule has 0 fully saturated rings. The smallest absolute Gasteiger partial charge is 0.237 e. The van der Waals surface area contributed by atoms with Crippen molar-refractivity contribution in [3.8, 4) is 5.75 Å². The van der Waals surface area contributed by atoms with Gasteiger partial charge >= 0.3 is 0 Å². The Labute approximate surface area is 132 Å². The number of Topliss-reactive ketones (excluding diaryl/α,β-unsaturated/α-hetero) is 1. The molecule has 0 heterocycles. The number of rotatable bonds is 9. The number of carbonyl (C=O) groups excluding carboxylic acids is 2. The third kappa shape index (κ3) is 6.72. The number of aromatic hydroxyl groups is 1. The molecule has 0 aliphatic rings. The van der Waals surface area contributed by atoms with Crippen LogP contribution < -0.4 is 10.6 Å². The minimum Gasteiger partial charge on any atom is -0.508 e. The average molecular weight is 306 g/mol. The average Bonchev–Trinajstić information content (AvgIpc) is 2.49. The molecule has 1 rings (SSSR count). The standard InChI is InChI=1S/C17H26N2O3/c1-4-14(20)11-18-17(22)16(19-12(2)3)10-7-13-5-8-15(21)9-6-13/h5-6,8-9,12,16,19,21H,4,7,10-11H2,1-3H3,(H,18,22)/t16-/m0/s1. The van der Waals surface area contributed by atoms with Crippen molar-refractivity contribution < 1.29 is 14.7 Å². The van der Waals surface area contributed by atoms with Gasteiger partial charge in [-0.25, -0.2) is 0 Å². The van der Waals surface area contributed by atoms with E-state index in [0.29, 0.717) is 12.8 Å². The summed E-state index contributed by atoms with van der Waals surface area (Å²) in [4.78, 5) is 23.5. The van der Waals surface area contributed by atoms with E-state index in [-0.39, 0.29) is 36.1 Å². The van der Waals surface area contributed by atoms with Gasteiger partial charge in [0.15, 0.2) is 5.78 Å². The number of phenolic OH excluding ortho intramolecular Hbond substituents is 1. The Morgan fingerprint density at radius 1 is 1.18 bits per heavy atom. The van der Waals surface area contributed by atoms with Gasteiger partial charge in [0.25, 0.3) is 0 Å². The molecule has 3 N–H and O–H groups in total. The second-order valence-electron chi connectivity index (χ2n) is 5.69. The van der Waals surface area contributed by atoms with Crippen molar-refractivity contribution >= 4 is 11.7 Å². The van der Waals surface area contributed by atoms with Gasteiger partial charge in [0, 0.05) is 12.5 Å². The molecule has 1 atom stereocenters. The lowest BCUT2D eigenvalue weighted by Crippen LogP contribution is -2.48. The molecule has 1 aromatic rings. The van der Waals surface area contributed by atoms with Gasteiger partial charge in [-0.15, -0.1) is 0 Å². The zero-order chi connectivity index (χ0) is 16.5. The van der Waals surface area contributed by atoms with E-state index >= 15 is 0 Å². The van der Waals surface area contributed by atoms with Crippen molar-refractivity contribution in [2.24, 2.45) is 0 Å². The monoisotopic (exact) mass is 306 g/mol. The third-order valence-corrected chi connectivity index (χ3v) is 3.36. The van der Waals surface area contributed by atoms with Crippen LogP contribution in [0.2, 0.25) is 0 Å². The molecule has 0 saturated heterocycles. The number of ketones is 1. The number of phenols is 1. The van der Waals surface area contributed by atoms with E-state index in [2.05, 4.69) is 10.6 Å². The molecule has 0 aliphatic heterocycles. The summed E-state index contributed by atoms with van der Waals surface area (Å²) in [6.07, 6.45) is 1.78. The quantitative estimate of drug-likeness (QED) is 0.650. The van der Waals surface area contributed by atoms with E-state index in [1.54, 1.807) is 19.1 Å². The first-order chi connectivity index (χ1) is 10.4. The predicted octanol–water partition coefficient (Wildman–Crippen LogP) is 1.79. The first kappa shape index (κ1) is 18.2. The highest BCUT2D eigenvalue weighted by Gasteiger charge is 2.19. The van der Waals surface area contributed by atoms with Crippen molar-refractivity contribution in [2.75, 3.05) is 6.54 Å². The number of amides is 1. The zero-order valence-corrected chi connectivity index (χ0v) is 13.6. The van der Waals surface area contributed by atoms with E-state index in [1.807, 2.05) is 26.0 Å². The largest absolute Gasteiger partial charge is 0.508 e. The topological polar surface area (TPSA) is 78.4 Å². The second-order valence-corrected chi connectivity index (χ2v) is 5.69. The Balaban J connectivity index is 2.57. The fourth-order valence-corrected chi connectivity index (χ4v) is 2.10. The molecule has 0 bridgehead atoms. The Morgan fingerprint density at radius 2 is 1.82 bits per heavy atom. The van der Waals surface area contributed by atoms with E-state index in [1.165, 1.54) is 0 Å². The minimum absolute atomic E-state index is 0.0233. The maximum Gasteiger partial charge on any atom is 0.237 e. The summed E-state index contributed by atoms with van der Waals surface area (Å²) in [5.74, 6) is 0.112. The fraction of sp³-hybridized carbons (Fsp3) is 0.529. The van der Waals surface area contributed by atoms with Crippen molar-refractivity contribution in [2.45, 2.75) is 52.1 Å². The van der Waals surface area contributed by atoms with Gasteiger partial charge in [-0.05, 0) is 30.5 Å². The lowest BCUT2D eigenvalue weighted by molar-refractivity contribution is -0.126. The summed E-state index contributed by atoms with van der Waals surface area (Å²) in [6.45, 7) is 5.84. The Kier molecular flexibility index (Phi) is 7.60. The van der Waals surface area contributed by atoms with E-state index in [4.69, 9.17) is 0 Å². The van der Waals surface area contributed by atoms with Gasteiger partial charge in [-0.2, -0.15) is 0 Å². The summed E-state index contributed by atoms with van der Waals surface area (Å²) < 4.78 is 0. The van der Waals surface area contributed by atoms with Gasteiger partial charge in [-0.3, -0.25) is 9.59 Å². The van der Waals surface area contributed by atoms with Crippen LogP contribution in [-0.4, -0.2) is 35.4 Å². The van der Waals surface area contributed by atoms with Crippen LogP contribution in [0.15, 0.2) is 24.3 Å². The van der Waals surface area contributed by atoms with Crippen LogP contribution in [0.3, 0.4) is 0 Å². The lowest BCUT2D eigenvalue weighted by Gasteiger charge is -2.20. The summed E-state index contributed by atoms with van der Waals surface area (Å²) >= 11 is 0. The Hall–Kier alpha value is -1.88. The van der Waals surface area contributed by atoms with Gasteiger partial charge < -0.3 is 15.7 Å². The minimum atomic E-state index is -0.335. The fourth-order valence-electron chi connectivity index (χ4n) is 2.10. The molecule has 0 aromatic heterocycles. The van der Waals surface area contributed by atoms with E-state index in [0.717, 1.165) is 12.0 Å². The van der Waals surface area contributed by atoms with Crippen LogP contribution in [-0.2, 0) is 16.0 Å². The summed E-state index contributed by atoms with van der Waals surface area (Å²) in [7, 11) is 0. The molecule has 0 saturated carbocycles. The maximum absolute atomic E-state index is 12.2. The molecular weight excluding hydrogens is 280 g/mol. The molecule has 22 heavy (non-hydrogen) atoms. The number of benzene rings is 1. The number of aryl methyl sites for hydroxylation is 1. The highest BCUT2D eigenvalue weighted by Crippen LogP contribution is 2.12. The van der Waals surface area contributed by atoms with Crippen molar-refractivity contribution in [1.29, 1.82) is 0 Å². The molecule has 5 heteroatoms. The van der Waals surface area contributed by atoms with Crippen molar-refractivity contribution in [3.63, 3.8) is 0 Å². The summed E-state index contributed by atoms with van der Waals surface area (Å²) in [5.41, 5.74) is 1.06. The van der Waals surface area contributed by atoms with Gasteiger partial charge in [0.2, 0.25) is 5.91 Å². The molecule has 0 radical (unpaired) electrons. The van der Waals surface area contributed by atoms with Crippen molar-refractivity contribution in [1.82, 2.24) is 10.6 Å². The van der Waals surface area contributed by atoms with E-state index < -0.39 is 0 Å².